The van der Waals surface area contributed by atoms with Crippen molar-refractivity contribution in [1.29, 1.82) is 0 Å². The van der Waals surface area contributed by atoms with Crippen molar-refractivity contribution in [2.45, 2.75) is 6.42 Å². The van der Waals surface area contributed by atoms with E-state index in [9.17, 15) is 4.79 Å². The van der Waals surface area contributed by atoms with Gasteiger partial charge >= 0.3 is 0 Å². The van der Waals surface area contributed by atoms with E-state index in [0.717, 1.165) is 12.2 Å². The Labute approximate surface area is 110 Å². The minimum Gasteiger partial charge on any atom is -0.310 e. The fraction of sp³-hybridized carbons (Fsp3) is 0.231. The molecule has 1 amide bonds. The lowest BCUT2D eigenvalue weighted by molar-refractivity contribution is -0.113. The summed E-state index contributed by atoms with van der Waals surface area (Å²) in [7, 11) is 0. The molecular formula is C13H15N3OS. The number of nitrogens with zero attached hydrogens (tertiary/aromatic N) is 1. The van der Waals surface area contributed by atoms with Crippen molar-refractivity contribution in [1.82, 2.24) is 10.2 Å². The molecular weight excluding hydrogens is 246 g/mol. The molecule has 0 saturated carbocycles. The Morgan fingerprint density at radius 3 is 2.83 bits per heavy atom. The maximum atomic E-state index is 11.5. The molecule has 2 rings (SSSR count). The number of amides is 1. The van der Waals surface area contributed by atoms with E-state index in [0.29, 0.717) is 11.6 Å². The van der Waals surface area contributed by atoms with Crippen LogP contribution in [0, 0.1) is 0 Å². The highest BCUT2D eigenvalue weighted by Gasteiger charge is 2.03. The van der Waals surface area contributed by atoms with Crippen LogP contribution in [0.4, 0.5) is 5.82 Å². The molecule has 0 radical (unpaired) electrons. The number of hydrogen-bond donors (Lipinski definition) is 2. The second kappa shape index (κ2) is 6.86. The van der Waals surface area contributed by atoms with Gasteiger partial charge in [-0.2, -0.15) is 16.9 Å². The highest BCUT2D eigenvalue weighted by molar-refractivity contribution is 7.99. The van der Waals surface area contributed by atoms with E-state index in [1.54, 1.807) is 24.0 Å². The van der Waals surface area contributed by atoms with E-state index in [-0.39, 0.29) is 5.91 Å². The molecule has 94 valence electrons. The zero-order valence-electron chi connectivity index (χ0n) is 9.93. The third-order valence-electron chi connectivity index (χ3n) is 2.39. The van der Waals surface area contributed by atoms with Crippen LogP contribution in [-0.4, -0.2) is 27.6 Å². The molecule has 1 aromatic carbocycles. The first-order valence-electron chi connectivity index (χ1n) is 5.75. The van der Waals surface area contributed by atoms with Crippen molar-refractivity contribution in [2.24, 2.45) is 0 Å². The Balaban J connectivity index is 1.62. The Morgan fingerprint density at radius 2 is 2.11 bits per heavy atom. The van der Waals surface area contributed by atoms with Gasteiger partial charge in [0.15, 0.2) is 0 Å². The number of aromatic nitrogens is 2. The zero-order valence-corrected chi connectivity index (χ0v) is 10.7. The van der Waals surface area contributed by atoms with Gasteiger partial charge in [-0.25, -0.2) is 0 Å². The quantitative estimate of drug-likeness (QED) is 0.785. The Kier molecular flexibility index (Phi) is 4.84. The van der Waals surface area contributed by atoms with Gasteiger partial charge in [-0.3, -0.25) is 9.89 Å². The number of thioether (sulfide) groups is 1. The van der Waals surface area contributed by atoms with Gasteiger partial charge in [-0.1, -0.05) is 30.3 Å². The molecule has 1 heterocycles. The molecule has 0 atom stereocenters. The van der Waals surface area contributed by atoms with Crippen LogP contribution in [0.5, 0.6) is 0 Å². The molecule has 1 aromatic heterocycles. The molecule has 0 aliphatic carbocycles. The van der Waals surface area contributed by atoms with E-state index in [1.165, 1.54) is 5.56 Å². The van der Waals surface area contributed by atoms with Gasteiger partial charge < -0.3 is 5.32 Å². The van der Waals surface area contributed by atoms with Gasteiger partial charge in [0.25, 0.3) is 0 Å². The summed E-state index contributed by atoms with van der Waals surface area (Å²) >= 11 is 1.63. The monoisotopic (exact) mass is 261 g/mol. The van der Waals surface area contributed by atoms with E-state index in [2.05, 4.69) is 27.6 Å². The average Bonchev–Trinajstić information content (AvgIpc) is 2.89. The van der Waals surface area contributed by atoms with Crippen molar-refractivity contribution >= 4 is 23.5 Å². The van der Waals surface area contributed by atoms with Crippen molar-refractivity contribution in [2.75, 3.05) is 16.8 Å². The second-order valence-corrected chi connectivity index (χ2v) is 4.91. The van der Waals surface area contributed by atoms with E-state index in [1.807, 2.05) is 18.2 Å². The van der Waals surface area contributed by atoms with Crippen molar-refractivity contribution in [3.8, 4) is 0 Å². The zero-order chi connectivity index (χ0) is 12.6. The summed E-state index contributed by atoms with van der Waals surface area (Å²) in [5.74, 6) is 2.05. The predicted octanol–water partition coefficient (Wildman–Crippen LogP) is 2.32. The molecule has 4 nitrogen and oxygen atoms in total. The highest BCUT2D eigenvalue weighted by atomic mass is 32.2. The SMILES string of the molecule is O=C(CSCCc1ccccc1)Nc1ccn[nH]1. The van der Waals surface area contributed by atoms with Crippen LogP contribution in [0.2, 0.25) is 0 Å². The largest absolute Gasteiger partial charge is 0.310 e. The first-order valence-corrected chi connectivity index (χ1v) is 6.91. The fourth-order valence-electron chi connectivity index (χ4n) is 1.51. The minimum atomic E-state index is -0.00249. The molecule has 0 unspecified atom stereocenters. The molecule has 18 heavy (non-hydrogen) atoms. The third kappa shape index (κ3) is 4.25. The highest BCUT2D eigenvalue weighted by Crippen LogP contribution is 2.08. The number of H-pyrrole nitrogens is 1. The molecule has 2 aromatic rings. The molecule has 2 N–H and O–H groups in total. The molecule has 0 spiro atoms. The Bertz CT molecular complexity index is 470. The molecule has 0 aliphatic rings. The molecule has 0 bridgehead atoms. The topological polar surface area (TPSA) is 57.8 Å². The number of rotatable bonds is 6. The van der Waals surface area contributed by atoms with Crippen molar-refractivity contribution in [3.05, 3.63) is 48.2 Å². The van der Waals surface area contributed by atoms with Crippen LogP contribution in [-0.2, 0) is 11.2 Å². The lowest BCUT2D eigenvalue weighted by atomic mass is 10.2. The first kappa shape index (κ1) is 12.7. The van der Waals surface area contributed by atoms with Gasteiger partial charge in [0.05, 0.1) is 11.9 Å². The van der Waals surface area contributed by atoms with Gasteiger partial charge in [0.2, 0.25) is 5.91 Å². The summed E-state index contributed by atoms with van der Waals surface area (Å²) in [6.07, 6.45) is 2.60. The summed E-state index contributed by atoms with van der Waals surface area (Å²) in [5.41, 5.74) is 1.30. The van der Waals surface area contributed by atoms with Crippen molar-refractivity contribution < 1.29 is 4.79 Å². The number of anilines is 1. The number of hydrogen-bond acceptors (Lipinski definition) is 3. The maximum Gasteiger partial charge on any atom is 0.235 e. The average molecular weight is 261 g/mol. The number of benzene rings is 1. The normalized spacial score (nSPS) is 10.2. The van der Waals surface area contributed by atoms with Crippen LogP contribution in [0.15, 0.2) is 42.6 Å². The van der Waals surface area contributed by atoms with Crippen LogP contribution in [0.25, 0.3) is 0 Å². The third-order valence-corrected chi connectivity index (χ3v) is 3.34. The fourth-order valence-corrected chi connectivity index (χ4v) is 2.29. The summed E-state index contributed by atoms with van der Waals surface area (Å²) in [5, 5.41) is 9.20. The Morgan fingerprint density at radius 1 is 1.28 bits per heavy atom. The van der Waals surface area contributed by atoms with E-state index < -0.39 is 0 Å². The number of nitrogens with one attached hydrogen (secondary N) is 2. The van der Waals surface area contributed by atoms with Crippen molar-refractivity contribution in [3.63, 3.8) is 0 Å². The van der Waals surface area contributed by atoms with Gasteiger partial charge in [0, 0.05) is 6.07 Å². The van der Waals surface area contributed by atoms with Gasteiger partial charge in [0.1, 0.15) is 5.82 Å². The number of aromatic amines is 1. The van der Waals surface area contributed by atoms with Crippen LogP contribution < -0.4 is 5.32 Å². The standard InChI is InChI=1S/C13H15N3OS/c17-13(15-12-6-8-14-16-12)10-18-9-7-11-4-2-1-3-5-11/h1-6,8H,7,9-10H2,(H2,14,15,16,17). The number of carbonyl (C=O) groups excluding carboxylic acids is 1. The van der Waals surface area contributed by atoms with Gasteiger partial charge in [-0.15, -0.1) is 0 Å². The van der Waals surface area contributed by atoms with E-state index >= 15 is 0 Å². The summed E-state index contributed by atoms with van der Waals surface area (Å²) in [6.45, 7) is 0. The second-order valence-electron chi connectivity index (χ2n) is 3.81. The van der Waals surface area contributed by atoms with Crippen LogP contribution in [0.3, 0.4) is 0 Å². The number of carbonyl (C=O) groups is 1. The molecule has 5 heteroatoms. The van der Waals surface area contributed by atoms with Crippen LogP contribution in [0.1, 0.15) is 5.56 Å². The van der Waals surface area contributed by atoms with E-state index in [4.69, 9.17) is 0 Å². The molecule has 0 fully saturated rings. The maximum absolute atomic E-state index is 11.5. The summed E-state index contributed by atoms with van der Waals surface area (Å²) < 4.78 is 0. The van der Waals surface area contributed by atoms with Crippen LogP contribution >= 0.6 is 11.8 Å². The Hall–Kier alpha value is -1.75. The summed E-state index contributed by atoms with van der Waals surface area (Å²) in [6, 6.07) is 12.0. The first-order chi connectivity index (χ1) is 8.84. The predicted molar refractivity (Wildman–Crippen MR) is 74.7 cm³/mol. The smallest absolute Gasteiger partial charge is 0.235 e. The van der Waals surface area contributed by atoms with Gasteiger partial charge in [-0.05, 0) is 17.7 Å². The lowest BCUT2D eigenvalue weighted by Gasteiger charge is -2.03. The molecule has 0 saturated heterocycles. The minimum absolute atomic E-state index is 0.00249. The summed E-state index contributed by atoms with van der Waals surface area (Å²) in [4.78, 5) is 11.5. The molecule has 0 aliphatic heterocycles. The number of aryl methyl sites for hydroxylation is 1. The lowest BCUT2D eigenvalue weighted by Crippen LogP contribution is -2.14.